The number of methoxy groups -OCH3 is 1. The third kappa shape index (κ3) is 2.80. The molecule has 3 heterocycles. The van der Waals surface area contributed by atoms with Gasteiger partial charge in [-0.25, -0.2) is 0 Å². The summed E-state index contributed by atoms with van der Waals surface area (Å²) < 4.78 is 8.85. The summed E-state index contributed by atoms with van der Waals surface area (Å²) in [6.07, 6.45) is 0. The molecule has 0 atom stereocenters. The number of para-hydroxylation sites is 1. The van der Waals surface area contributed by atoms with Crippen molar-refractivity contribution in [3.05, 3.63) is 36.4 Å². The van der Waals surface area contributed by atoms with Crippen molar-refractivity contribution < 1.29 is 4.74 Å². The number of nitrogens with zero attached hydrogens (tertiary/aromatic N) is 8. The van der Waals surface area contributed by atoms with Crippen LogP contribution in [0, 0.1) is 0 Å². The van der Waals surface area contributed by atoms with E-state index in [1.807, 2.05) is 47.9 Å². The van der Waals surface area contributed by atoms with Crippen LogP contribution in [0.15, 0.2) is 46.6 Å². The molecule has 1 aromatic carbocycles. The van der Waals surface area contributed by atoms with E-state index >= 15 is 0 Å². The Morgan fingerprint density at radius 1 is 1.08 bits per heavy atom. The Morgan fingerprint density at radius 3 is 2.80 bits per heavy atom. The molecule has 0 aliphatic carbocycles. The average molecular weight is 354 g/mol. The minimum absolute atomic E-state index is 0.594. The second-order valence-electron chi connectivity index (χ2n) is 5.05. The van der Waals surface area contributed by atoms with Crippen molar-refractivity contribution in [2.45, 2.75) is 23.7 Å². The highest BCUT2D eigenvalue weighted by Gasteiger charge is 2.17. The zero-order valence-corrected chi connectivity index (χ0v) is 14.4. The Labute approximate surface area is 147 Å². The zero-order valence-electron chi connectivity index (χ0n) is 13.6. The van der Waals surface area contributed by atoms with Crippen molar-refractivity contribution in [3.63, 3.8) is 0 Å². The topological polar surface area (TPSA) is 95.9 Å². The predicted molar refractivity (Wildman–Crippen MR) is 90.4 cm³/mol. The summed E-state index contributed by atoms with van der Waals surface area (Å²) in [5, 5.41) is 25.7. The fraction of sp³-hybridized carbons (Fsp3) is 0.200. The summed E-state index contributed by atoms with van der Waals surface area (Å²) in [4.78, 5) is 0. The van der Waals surface area contributed by atoms with Gasteiger partial charge in [0.25, 0.3) is 0 Å². The molecule has 0 bridgehead atoms. The van der Waals surface area contributed by atoms with E-state index in [2.05, 4.69) is 30.8 Å². The number of hydrogen-bond acceptors (Lipinski definition) is 8. The first kappa shape index (κ1) is 15.5. The second kappa shape index (κ2) is 6.48. The van der Waals surface area contributed by atoms with Gasteiger partial charge in [0.15, 0.2) is 16.6 Å². The molecule has 4 rings (SSSR count). The van der Waals surface area contributed by atoms with Gasteiger partial charge in [-0.15, -0.1) is 25.0 Å². The summed E-state index contributed by atoms with van der Waals surface area (Å²) in [6, 6.07) is 11.4. The monoisotopic (exact) mass is 354 g/mol. The third-order valence-electron chi connectivity index (χ3n) is 3.62. The summed E-state index contributed by atoms with van der Waals surface area (Å²) in [5.41, 5.74) is 1.49. The SMILES string of the molecule is CCn1c(Sc2ccc3nnnn3n2)nnc1-c1ccccc1OC. The number of aromatic nitrogens is 8. The lowest BCUT2D eigenvalue weighted by atomic mass is 10.2. The van der Waals surface area contributed by atoms with Gasteiger partial charge >= 0.3 is 0 Å². The fourth-order valence-electron chi connectivity index (χ4n) is 2.46. The molecule has 0 spiro atoms. The zero-order chi connectivity index (χ0) is 17.2. The van der Waals surface area contributed by atoms with E-state index in [1.54, 1.807) is 7.11 Å². The quantitative estimate of drug-likeness (QED) is 0.537. The van der Waals surface area contributed by atoms with Crippen LogP contribution in [0.2, 0.25) is 0 Å². The molecule has 0 radical (unpaired) electrons. The van der Waals surface area contributed by atoms with Gasteiger partial charge in [-0.1, -0.05) is 12.1 Å². The molecule has 0 saturated heterocycles. The molecule has 0 aliphatic heterocycles. The molecule has 0 saturated carbocycles. The van der Waals surface area contributed by atoms with E-state index < -0.39 is 0 Å². The average Bonchev–Trinajstić information content (AvgIpc) is 3.27. The molecule has 4 aromatic rings. The summed E-state index contributed by atoms with van der Waals surface area (Å²) in [6.45, 7) is 2.76. The number of ether oxygens (including phenoxy) is 1. The standard InChI is InChI=1S/C15H14N8OS/c1-3-22-14(10-6-4-5-7-11(10)24-2)17-18-15(22)25-13-9-8-12-16-20-21-23(12)19-13/h4-9H,3H2,1-2H3. The molecular weight excluding hydrogens is 340 g/mol. The van der Waals surface area contributed by atoms with Crippen LogP contribution in [0.1, 0.15) is 6.92 Å². The van der Waals surface area contributed by atoms with Gasteiger partial charge in [0.2, 0.25) is 0 Å². The minimum atomic E-state index is 0.594. The smallest absolute Gasteiger partial charge is 0.200 e. The van der Waals surface area contributed by atoms with Crippen molar-refractivity contribution >= 4 is 17.4 Å². The van der Waals surface area contributed by atoms with Gasteiger partial charge in [0.05, 0.1) is 12.7 Å². The largest absolute Gasteiger partial charge is 0.496 e. The maximum absolute atomic E-state index is 5.44. The predicted octanol–water partition coefficient (Wildman–Crippen LogP) is 1.96. The molecule has 0 fully saturated rings. The number of tetrazole rings is 1. The Kier molecular flexibility index (Phi) is 4.02. The lowest BCUT2D eigenvalue weighted by Crippen LogP contribution is -2.01. The molecular formula is C15H14N8OS. The van der Waals surface area contributed by atoms with Crippen molar-refractivity contribution in [2.75, 3.05) is 7.11 Å². The van der Waals surface area contributed by atoms with Crippen molar-refractivity contribution in [1.82, 2.24) is 40.0 Å². The van der Waals surface area contributed by atoms with E-state index in [0.29, 0.717) is 5.65 Å². The highest BCUT2D eigenvalue weighted by atomic mass is 32.2. The molecule has 0 amide bonds. The summed E-state index contributed by atoms with van der Waals surface area (Å²) in [5.74, 6) is 1.51. The maximum Gasteiger partial charge on any atom is 0.200 e. The number of benzene rings is 1. The fourth-order valence-corrected chi connectivity index (χ4v) is 3.31. The molecule has 9 nitrogen and oxygen atoms in total. The van der Waals surface area contributed by atoms with Gasteiger partial charge in [-0.05, 0) is 53.4 Å². The number of fused-ring (bicyclic) bond motifs is 1. The van der Waals surface area contributed by atoms with Crippen LogP contribution >= 0.6 is 11.8 Å². The van der Waals surface area contributed by atoms with Crippen LogP contribution in [0.5, 0.6) is 5.75 Å². The van der Waals surface area contributed by atoms with E-state index in [-0.39, 0.29) is 0 Å². The van der Waals surface area contributed by atoms with Gasteiger partial charge < -0.3 is 9.30 Å². The lowest BCUT2D eigenvalue weighted by molar-refractivity contribution is 0.416. The maximum atomic E-state index is 5.44. The lowest BCUT2D eigenvalue weighted by Gasteiger charge is -2.10. The van der Waals surface area contributed by atoms with Crippen molar-refractivity contribution in [2.24, 2.45) is 0 Å². The number of hydrogen-bond donors (Lipinski definition) is 0. The van der Waals surface area contributed by atoms with Crippen LogP contribution in [0.4, 0.5) is 0 Å². The van der Waals surface area contributed by atoms with Gasteiger partial charge in [-0.3, -0.25) is 0 Å². The Morgan fingerprint density at radius 2 is 1.96 bits per heavy atom. The molecule has 0 aliphatic rings. The number of rotatable bonds is 5. The highest BCUT2D eigenvalue weighted by Crippen LogP contribution is 2.32. The van der Waals surface area contributed by atoms with Crippen LogP contribution in [-0.4, -0.2) is 47.1 Å². The van der Waals surface area contributed by atoms with E-state index in [9.17, 15) is 0 Å². The van der Waals surface area contributed by atoms with Crippen molar-refractivity contribution in [1.29, 1.82) is 0 Å². The van der Waals surface area contributed by atoms with Crippen LogP contribution < -0.4 is 4.74 Å². The van der Waals surface area contributed by atoms with Gasteiger partial charge in [-0.2, -0.15) is 0 Å². The van der Waals surface area contributed by atoms with Gasteiger partial charge in [0, 0.05) is 6.54 Å². The first-order valence-corrected chi connectivity index (χ1v) is 8.41. The Hall–Kier alpha value is -3.01. The molecule has 126 valence electrons. The third-order valence-corrected chi connectivity index (χ3v) is 4.53. The molecule has 0 N–H and O–H groups in total. The molecule has 25 heavy (non-hydrogen) atoms. The van der Waals surface area contributed by atoms with Gasteiger partial charge in [0.1, 0.15) is 10.8 Å². The summed E-state index contributed by atoms with van der Waals surface area (Å²) in [7, 11) is 1.65. The first-order chi connectivity index (χ1) is 12.3. The van der Waals surface area contributed by atoms with Crippen LogP contribution in [-0.2, 0) is 6.54 Å². The van der Waals surface area contributed by atoms with E-state index in [4.69, 9.17) is 4.74 Å². The Bertz CT molecular complexity index is 1030. The Balaban J connectivity index is 1.72. The molecule has 0 unspecified atom stereocenters. The molecule has 10 heteroatoms. The second-order valence-corrected chi connectivity index (χ2v) is 6.04. The van der Waals surface area contributed by atoms with Crippen LogP contribution in [0.3, 0.4) is 0 Å². The van der Waals surface area contributed by atoms with E-state index in [0.717, 1.165) is 33.9 Å². The minimum Gasteiger partial charge on any atom is -0.496 e. The van der Waals surface area contributed by atoms with Crippen LogP contribution in [0.25, 0.3) is 17.0 Å². The molecule has 3 aromatic heterocycles. The highest BCUT2D eigenvalue weighted by molar-refractivity contribution is 7.99. The van der Waals surface area contributed by atoms with Crippen molar-refractivity contribution in [3.8, 4) is 17.1 Å². The normalized spacial score (nSPS) is 11.1. The van der Waals surface area contributed by atoms with E-state index in [1.165, 1.54) is 16.4 Å². The summed E-state index contributed by atoms with van der Waals surface area (Å²) >= 11 is 1.41. The first-order valence-electron chi connectivity index (χ1n) is 7.60.